The van der Waals surface area contributed by atoms with Gasteiger partial charge in [0.15, 0.2) is 0 Å². The molecule has 6 heteroatoms. The summed E-state index contributed by atoms with van der Waals surface area (Å²) in [4.78, 5) is 21.4. The van der Waals surface area contributed by atoms with Crippen LogP contribution >= 0.6 is 11.3 Å². The number of thiazole rings is 1. The van der Waals surface area contributed by atoms with Crippen LogP contribution in [0.2, 0.25) is 0 Å². The predicted octanol–water partition coefficient (Wildman–Crippen LogP) is 3.51. The van der Waals surface area contributed by atoms with Crippen molar-refractivity contribution >= 4 is 17.4 Å². The number of amides is 2. The summed E-state index contributed by atoms with van der Waals surface area (Å²) in [6, 6.07) is 10.5. The molecule has 1 fully saturated rings. The maximum absolute atomic E-state index is 12.4. The van der Waals surface area contributed by atoms with Crippen LogP contribution in [0.3, 0.4) is 0 Å². The van der Waals surface area contributed by atoms with E-state index in [2.05, 4.69) is 65.6 Å². The van der Waals surface area contributed by atoms with Crippen LogP contribution in [-0.2, 0) is 18.4 Å². The number of benzene rings is 1. The maximum atomic E-state index is 12.4. The molecular formula is C21H30N4OS. The summed E-state index contributed by atoms with van der Waals surface area (Å²) in [7, 11) is 0. The number of rotatable bonds is 5. The fraction of sp³-hybridized carbons (Fsp3) is 0.524. The summed E-state index contributed by atoms with van der Waals surface area (Å²) in [6.07, 6.45) is 0.792. The van der Waals surface area contributed by atoms with Crippen LogP contribution in [0, 0.1) is 0 Å². The topological polar surface area (TPSA) is 48.5 Å². The summed E-state index contributed by atoms with van der Waals surface area (Å²) < 4.78 is 0. The Balaban J connectivity index is 1.38. The van der Waals surface area contributed by atoms with E-state index in [-0.39, 0.29) is 11.4 Å². The minimum absolute atomic E-state index is 0.0435. The average Bonchev–Trinajstić information content (AvgIpc) is 3.12. The molecule has 1 saturated heterocycles. The van der Waals surface area contributed by atoms with Gasteiger partial charge in [-0.1, -0.05) is 51.1 Å². The number of hydrogen-bond acceptors (Lipinski definition) is 4. The van der Waals surface area contributed by atoms with Crippen molar-refractivity contribution in [1.29, 1.82) is 0 Å². The molecule has 2 heterocycles. The van der Waals surface area contributed by atoms with E-state index < -0.39 is 0 Å². The highest BCUT2D eigenvalue weighted by Crippen LogP contribution is 2.23. The SMILES string of the molecule is CC(C)(C)c1csc(CCNC(=O)N2CCN(Cc3ccccc3)CC2)n1. The van der Waals surface area contributed by atoms with Gasteiger partial charge in [0.1, 0.15) is 0 Å². The van der Waals surface area contributed by atoms with Gasteiger partial charge in [0, 0.05) is 56.5 Å². The Hall–Kier alpha value is -1.92. The Bertz CT molecular complexity index is 730. The first-order chi connectivity index (χ1) is 12.9. The standard InChI is InChI=1S/C21H30N4OS/c1-21(2,3)18-16-27-19(23-18)9-10-22-20(26)25-13-11-24(12-14-25)15-17-7-5-4-6-8-17/h4-8,16H,9-15H2,1-3H3,(H,22,26). The van der Waals surface area contributed by atoms with Crippen molar-refractivity contribution in [3.63, 3.8) is 0 Å². The number of carbonyl (C=O) groups excluding carboxylic acids is 1. The molecule has 2 amide bonds. The van der Waals surface area contributed by atoms with Crippen LogP contribution in [0.15, 0.2) is 35.7 Å². The van der Waals surface area contributed by atoms with Crippen molar-refractivity contribution in [3.05, 3.63) is 52.0 Å². The van der Waals surface area contributed by atoms with E-state index in [0.29, 0.717) is 6.54 Å². The van der Waals surface area contributed by atoms with Crippen molar-refractivity contribution in [2.75, 3.05) is 32.7 Å². The van der Waals surface area contributed by atoms with Gasteiger partial charge in [0.05, 0.1) is 10.7 Å². The molecule has 1 aliphatic heterocycles. The number of carbonyl (C=O) groups is 1. The van der Waals surface area contributed by atoms with Crippen molar-refractivity contribution < 1.29 is 4.79 Å². The van der Waals surface area contributed by atoms with Crippen LogP contribution in [0.25, 0.3) is 0 Å². The molecule has 1 N–H and O–H groups in total. The molecule has 0 atom stereocenters. The Labute approximate surface area is 166 Å². The molecule has 5 nitrogen and oxygen atoms in total. The molecule has 1 aromatic carbocycles. The van der Waals surface area contributed by atoms with Gasteiger partial charge in [-0.15, -0.1) is 11.3 Å². The number of nitrogens with zero attached hydrogens (tertiary/aromatic N) is 3. The van der Waals surface area contributed by atoms with Crippen LogP contribution in [-0.4, -0.2) is 53.5 Å². The molecule has 0 bridgehead atoms. The van der Waals surface area contributed by atoms with E-state index in [4.69, 9.17) is 0 Å². The molecule has 1 aliphatic rings. The lowest BCUT2D eigenvalue weighted by molar-refractivity contribution is 0.135. The van der Waals surface area contributed by atoms with E-state index in [1.54, 1.807) is 11.3 Å². The fourth-order valence-electron chi connectivity index (χ4n) is 3.11. The van der Waals surface area contributed by atoms with E-state index in [0.717, 1.165) is 49.8 Å². The second-order valence-electron chi connectivity index (χ2n) is 8.11. The summed E-state index contributed by atoms with van der Waals surface area (Å²) in [5.41, 5.74) is 2.54. The molecule has 2 aromatic rings. The zero-order chi connectivity index (χ0) is 19.3. The second-order valence-corrected chi connectivity index (χ2v) is 9.05. The van der Waals surface area contributed by atoms with Gasteiger partial charge in [0.2, 0.25) is 0 Å². The molecule has 1 aromatic heterocycles. The highest BCUT2D eigenvalue weighted by molar-refractivity contribution is 7.09. The Kier molecular flexibility index (Phi) is 6.50. The molecule has 0 unspecified atom stereocenters. The first-order valence-corrected chi connectivity index (χ1v) is 10.5. The van der Waals surface area contributed by atoms with Gasteiger partial charge in [-0.25, -0.2) is 9.78 Å². The first-order valence-electron chi connectivity index (χ1n) is 9.66. The second kappa shape index (κ2) is 8.85. The first kappa shape index (κ1) is 19.8. The monoisotopic (exact) mass is 386 g/mol. The summed E-state index contributed by atoms with van der Waals surface area (Å²) >= 11 is 1.68. The number of piperazine rings is 1. The highest BCUT2D eigenvalue weighted by Gasteiger charge is 2.21. The van der Waals surface area contributed by atoms with Gasteiger partial charge < -0.3 is 10.2 Å². The highest BCUT2D eigenvalue weighted by atomic mass is 32.1. The molecule has 0 saturated carbocycles. The molecule has 0 spiro atoms. The zero-order valence-electron chi connectivity index (χ0n) is 16.6. The Morgan fingerprint density at radius 1 is 1.15 bits per heavy atom. The molecule has 146 valence electrons. The van der Waals surface area contributed by atoms with Crippen LogP contribution in [0.1, 0.15) is 37.0 Å². The van der Waals surface area contributed by atoms with Gasteiger partial charge in [-0.3, -0.25) is 4.90 Å². The predicted molar refractivity (Wildman–Crippen MR) is 111 cm³/mol. The van der Waals surface area contributed by atoms with E-state index in [1.165, 1.54) is 5.56 Å². The van der Waals surface area contributed by atoms with Crippen LogP contribution < -0.4 is 5.32 Å². The minimum Gasteiger partial charge on any atom is -0.338 e. The third-order valence-corrected chi connectivity index (χ3v) is 5.75. The minimum atomic E-state index is 0.0435. The summed E-state index contributed by atoms with van der Waals surface area (Å²) in [6.45, 7) is 11.5. The number of hydrogen-bond donors (Lipinski definition) is 1. The van der Waals surface area contributed by atoms with E-state index in [1.807, 2.05) is 11.0 Å². The molecule has 0 radical (unpaired) electrons. The molecular weight excluding hydrogens is 356 g/mol. The summed E-state index contributed by atoms with van der Waals surface area (Å²) in [5.74, 6) is 0. The van der Waals surface area contributed by atoms with Gasteiger partial charge in [-0.05, 0) is 5.56 Å². The van der Waals surface area contributed by atoms with Crippen molar-refractivity contribution in [3.8, 4) is 0 Å². The van der Waals surface area contributed by atoms with Gasteiger partial charge >= 0.3 is 6.03 Å². The van der Waals surface area contributed by atoms with E-state index in [9.17, 15) is 4.79 Å². The number of aromatic nitrogens is 1. The fourth-order valence-corrected chi connectivity index (χ4v) is 4.13. The third kappa shape index (κ3) is 5.78. The number of urea groups is 1. The van der Waals surface area contributed by atoms with Crippen molar-refractivity contribution in [1.82, 2.24) is 20.1 Å². The van der Waals surface area contributed by atoms with Crippen molar-refractivity contribution in [2.24, 2.45) is 0 Å². The maximum Gasteiger partial charge on any atom is 0.317 e. The van der Waals surface area contributed by atoms with Crippen LogP contribution in [0.5, 0.6) is 0 Å². The molecule has 0 aliphatic carbocycles. The largest absolute Gasteiger partial charge is 0.338 e. The lowest BCUT2D eigenvalue weighted by Gasteiger charge is -2.34. The normalized spacial score (nSPS) is 15.7. The molecule has 3 rings (SSSR count). The lowest BCUT2D eigenvalue weighted by Crippen LogP contribution is -2.51. The number of nitrogens with one attached hydrogen (secondary N) is 1. The van der Waals surface area contributed by atoms with E-state index >= 15 is 0 Å². The lowest BCUT2D eigenvalue weighted by atomic mass is 9.93. The third-order valence-electron chi connectivity index (χ3n) is 4.84. The Morgan fingerprint density at radius 3 is 2.48 bits per heavy atom. The van der Waals surface area contributed by atoms with Gasteiger partial charge in [-0.2, -0.15) is 0 Å². The summed E-state index contributed by atoms with van der Waals surface area (Å²) in [5, 5.41) is 6.27. The quantitative estimate of drug-likeness (QED) is 0.855. The molecule has 27 heavy (non-hydrogen) atoms. The van der Waals surface area contributed by atoms with Crippen LogP contribution in [0.4, 0.5) is 4.79 Å². The van der Waals surface area contributed by atoms with Crippen molar-refractivity contribution in [2.45, 2.75) is 39.2 Å². The van der Waals surface area contributed by atoms with Gasteiger partial charge in [0.25, 0.3) is 0 Å². The Morgan fingerprint density at radius 2 is 1.85 bits per heavy atom. The smallest absolute Gasteiger partial charge is 0.317 e. The average molecular weight is 387 g/mol. The zero-order valence-corrected chi connectivity index (χ0v) is 17.4.